The maximum absolute atomic E-state index is 12.6. The first kappa shape index (κ1) is 16.0. The third-order valence-electron chi connectivity index (χ3n) is 4.93. The van der Waals surface area contributed by atoms with Gasteiger partial charge in [0.15, 0.2) is 0 Å². The fourth-order valence-corrected chi connectivity index (χ4v) is 3.66. The second kappa shape index (κ2) is 6.35. The summed E-state index contributed by atoms with van der Waals surface area (Å²) in [6.45, 7) is 3.60. The van der Waals surface area contributed by atoms with Crippen molar-refractivity contribution in [1.29, 1.82) is 0 Å². The molecule has 0 unspecified atom stereocenters. The molecule has 0 radical (unpaired) electrons. The van der Waals surface area contributed by atoms with Crippen LogP contribution in [0.5, 0.6) is 0 Å². The van der Waals surface area contributed by atoms with E-state index in [9.17, 15) is 14.4 Å². The topological polar surface area (TPSA) is 79.4 Å². The molecule has 0 aromatic heterocycles. The summed E-state index contributed by atoms with van der Waals surface area (Å²) in [5.41, 5.74) is 0. The number of likely N-dealkylation sites (tertiary alicyclic amines) is 1. The molecule has 0 aromatic carbocycles. The van der Waals surface area contributed by atoms with Gasteiger partial charge in [0.1, 0.15) is 6.04 Å². The Bertz CT molecular complexity index is 479. The van der Waals surface area contributed by atoms with E-state index in [4.69, 9.17) is 9.47 Å². The highest BCUT2D eigenvalue weighted by Gasteiger charge is 2.52. The average molecular weight is 325 g/mol. The summed E-state index contributed by atoms with van der Waals surface area (Å²) in [7, 11) is 1.60. The first-order valence-electron chi connectivity index (χ1n) is 8.15. The summed E-state index contributed by atoms with van der Waals surface area (Å²) < 4.78 is 10.3. The number of piperidine rings is 1. The minimum atomic E-state index is -0.379. The molecule has 0 N–H and O–H groups in total. The van der Waals surface area contributed by atoms with E-state index >= 15 is 0 Å². The number of fused-ring (bicyclic) bond motifs is 1. The molecule has 128 valence electrons. The molecule has 4 amide bonds. The number of carbonyl (C=O) groups excluding carboxylic acids is 3. The lowest BCUT2D eigenvalue weighted by Gasteiger charge is -2.35. The number of hydrogen-bond acceptors (Lipinski definition) is 5. The van der Waals surface area contributed by atoms with Crippen LogP contribution in [0.4, 0.5) is 9.59 Å². The van der Waals surface area contributed by atoms with Gasteiger partial charge in [-0.15, -0.1) is 0 Å². The van der Waals surface area contributed by atoms with Crippen molar-refractivity contribution in [2.24, 2.45) is 0 Å². The minimum absolute atomic E-state index is 0.0549. The predicted molar refractivity (Wildman–Crippen MR) is 79.8 cm³/mol. The Labute approximate surface area is 135 Å². The molecule has 0 saturated carbocycles. The second-order valence-corrected chi connectivity index (χ2v) is 6.17. The standard InChI is InChI=1S/C15H23N3O5/c1-3-23-15(21)16-6-4-10(5-7-16)18-13(19)12-8-11(22-2)9-17(12)14(18)20/h10-12H,3-9H2,1-2H3/t11-,12+/m0/s1. The summed E-state index contributed by atoms with van der Waals surface area (Å²) >= 11 is 0. The fraction of sp³-hybridized carbons (Fsp3) is 0.800. The number of methoxy groups -OCH3 is 1. The van der Waals surface area contributed by atoms with E-state index in [0.717, 1.165) is 0 Å². The summed E-state index contributed by atoms with van der Waals surface area (Å²) in [5, 5.41) is 0. The van der Waals surface area contributed by atoms with Crippen molar-refractivity contribution in [3.63, 3.8) is 0 Å². The van der Waals surface area contributed by atoms with Gasteiger partial charge in [0, 0.05) is 39.2 Å². The summed E-state index contributed by atoms with van der Waals surface area (Å²) in [6, 6.07) is -0.725. The molecule has 3 heterocycles. The third-order valence-corrected chi connectivity index (χ3v) is 4.93. The number of hydrogen-bond donors (Lipinski definition) is 0. The number of ether oxygens (including phenoxy) is 2. The zero-order chi connectivity index (χ0) is 16.6. The highest BCUT2D eigenvalue weighted by molar-refractivity contribution is 6.05. The van der Waals surface area contributed by atoms with E-state index in [1.165, 1.54) is 4.90 Å². The van der Waals surface area contributed by atoms with Crippen molar-refractivity contribution in [3.8, 4) is 0 Å². The molecule has 3 aliphatic heterocycles. The number of carbonyl (C=O) groups is 3. The van der Waals surface area contributed by atoms with Crippen molar-refractivity contribution in [2.75, 3.05) is 33.4 Å². The number of urea groups is 1. The monoisotopic (exact) mass is 325 g/mol. The molecule has 8 heteroatoms. The molecule has 3 fully saturated rings. The Morgan fingerprint density at radius 1 is 1.26 bits per heavy atom. The molecule has 3 saturated heterocycles. The van der Waals surface area contributed by atoms with Gasteiger partial charge >= 0.3 is 12.1 Å². The van der Waals surface area contributed by atoms with Gasteiger partial charge in [0.05, 0.1) is 12.7 Å². The van der Waals surface area contributed by atoms with Crippen LogP contribution in [-0.2, 0) is 14.3 Å². The molecule has 8 nitrogen and oxygen atoms in total. The minimum Gasteiger partial charge on any atom is -0.450 e. The molecule has 0 spiro atoms. The largest absolute Gasteiger partial charge is 0.450 e. The fourth-order valence-electron chi connectivity index (χ4n) is 3.66. The van der Waals surface area contributed by atoms with Gasteiger partial charge in [-0.2, -0.15) is 0 Å². The van der Waals surface area contributed by atoms with Crippen molar-refractivity contribution >= 4 is 18.0 Å². The molecule has 23 heavy (non-hydrogen) atoms. The van der Waals surface area contributed by atoms with Crippen LogP contribution in [0.3, 0.4) is 0 Å². The number of imide groups is 1. The van der Waals surface area contributed by atoms with Crippen molar-refractivity contribution in [3.05, 3.63) is 0 Å². The van der Waals surface area contributed by atoms with Crippen LogP contribution in [0.1, 0.15) is 26.2 Å². The Balaban J connectivity index is 1.60. The average Bonchev–Trinajstić information content (AvgIpc) is 3.08. The number of amides is 4. The first-order valence-corrected chi connectivity index (χ1v) is 8.15. The SMILES string of the molecule is CCOC(=O)N1CCC(N2C(=O)[C@H]3C[C@H](OC)CN3C2=O)CC1. The lowest BCUT2D eigenvalue weighted by atomic mass is 10.0. The summed E-state index contributed by atoms with van der Waals surface area (Å²) in [5.74, 6) is -0.121. The Morgan fingerprint density at radius 2 is 1.96 bits per heavy atom. The Morgan fingerprint density at radius 3 is 2.52 bits per heavy atom. The Hall–Kier alpha value is -1.83. The highest BCUT2D eigenvalue weighted by atomic mass is 16.6. The van der Waals surface area contributed by atoms with Gasteiger partial charge < -0.3 is 19.3 Å². The van der Waals surface area contributed by atoms with Gasteiger partial charge in [-0.3, -0.25) is 9.69 Å². The quantitative estimate of drug-likeness (QED) is 0.712. The summed E-state index contributed by atoms with van der Waals surface area (Å²) in [4.78, 5) is 41.5. The van der Waals surface area contributed by atoms with Gasteiger partial charge in [-0.25, -0.2) is 9.59 Å². The lowest BCUT2D eigenvalue weighted by Crippen LogP contribution is -2.50. The van der Waals surface area contributed by atoms with E-state index in [-0.39, 0.29) is 36.2 Å². The van der Waals surface area contributed by atoms with Crippen molar-refractivity contribution < 1.29 is 23.9 Å². The number of nitrogens with zero attached hydrogens (tertiary/aromatic N) is 3. The maximum Gasteiger partial charge on any atom is 0.409 e. The predicted octanol–water partition coefficient (Wildman–Crippen LogP) is 0.659. The van der Waals surface area contributed by atoms with Crippen LogP contribution < -0.4 is 0 Å². The molecule has 2 atom stereocenters. The molecule has 3 rings (SSSR count). The molecule has 0 aromatic rings. The molecule has 0 aliphatic carbocycles. The van der Waals surface area contributed by atoms with Crippen LogP contribution in [0.25, 0.3) is 0 Å². The normalized spacial score (nSPS) is 28.5. The van der Waals surface area contributed by atoms with Crippen molar-refractivity contribution in [2.45, 2.75) is 44.4 Å². The second-order valence-electron chi connectivity index (χ2n) is 6.17. The van der Waals surface area contributed by atoms with E-state index in [2.05, 4.69) is 0 Å². The molecule has 3 aliphatic rings. The van der Waals surface area contributed by atoms with E-state index in [1.807, 2.05) is 0 Å². The van der Waals surface area contributed by atoms with Crippen LogP contribution in [0.2, 0.25) is 0 Å². The van der Waals surface area contributed by atoms with Crippen LogP contribution >= 0.6 is 0 Å². The van der Waals surface area contributed by atoms with Crippen LogP contribution in [0.15, 0.2) is 0 Å². The zero-order valence-corrected chi connectivity index (χ0v) is 13.6. The molecule has 0 bridgehead atoms. The van der Waals surface area contributed by atoms with Crippen molar-refractivity contribution in [1.82, 2.24) is 14.7 Å². The van der Waals surface area contributed by atoms with Gasteiger partial charge in [0.2, 0.25) is 0 Å². The van der Waals surface area contributed by atoms with E-state index in [0.29, 0.717) is 45.5 Å². The van der Waals surface area contributed by atoms with Crippen LogP contribution in [0, 0.1) is 0 Å². The molecular formula is C15H23N3O5. The van der Waals surface area contributed by atoms with Gasteiger partial charge in [-0.05, 0) is 19.8 Å². The first-order chi connectivity index (χ1) is 11.1. The van der Waals surface area contributed by atoms with E-state index < -0.39 is 0 Å². The smallest absolute Gasteiger partial charge is 0.409 e. The van der Waals surface area contributed by atoms with E-state index in [1.54, 1.807) is 23.8 Å². The van der Waals surface area contributed by atoms with Crippen LogP contribution in [-0.4, -0.2) is 84.3 Å². The Kier molecular flexibility index (Phi) is 4.43. The summed E-state index contributed by atoms with van der Waals surface area (Å²) in [6.07, 6.45) is 1.39. The highest BCUT2D eigenvalue weighted by Crippen LogP contribution is 2.32. The number of rotatable bonds is 3. The maximum atomic E-state index is 12.6. The van der Waals surface area contributed by atoms with Gasteiger partial charge in [-0.1, -0.05) is 0 Å². The third kappa shape index (κ3) is 2.75. The molecular weight excluding hydrogens is 302 g/mol. The van der Waals surface area contributed by atoms with Gasteiger partial charge in [0.25, 0.3) is 5.91 Å². The zero-order valence-electron chi connectivity index (χ0n) is 13.6. The lowest BCUT2D eigenvalue weighted by molar-refractivity contribution is -0.130.